The van der Waals surface area contributed by atoms with Crippen LogP contribution in [0.3, 0.4) is 0 Å². The van der Waals surface area contributed by atoms with Crippen molar-refractivity contribution in [3.8, 4) is 0 Å². The second-order valence-electron chi connectivity index (χ2n) is 2.24. The minimum absolute atomic E-state index is 0.716. The zero-order chi connectivity index (χ0) is 8.10. The van der Waals surface area contributed by atoms with Crippen LogP contribution in [0.1, 0.15) is 5.69 Å². The second-order valence-corrected chi connectivity index (χ2v) is 2.24. The highest BCUT2D eigenvalue weighted by Crippen LogP contribution is 1.96. The van der Waals surface area contributed by atoms with Crippen LogP contribution in [0.25, 0.3) is 6.20 Å². The highest BCUT2D eigenvalue weighted by atomic mass is 16.5. The van der Waals surface area contributed by atoms with Gasteiger partial charge in [-0.2, -0.15) is 0 Å². The predicted molar refractivity (Wildman–Crippen MR) is 44.2 cm³/mol. The van der Waals surface area contributed by atoms with E-state index in [0.29, 0.717) is 6.61 Å². The molecule has 3 heteroatoms. The van der Waals surface area contributed by atoms with Crippen LogP contribution < -0.4 is 0 Å². The lowest BCUT2D eigenvalue weighted by atomic mass is 10.3. The normalized spacial score (nSPS) is 9.91. The lowest BCUT2D eigenvalue weighted by Crippen LogP contribution is -1.93. The monoisotopic (exact) mass is 152 g/mol. The fraction of sp³-hybridized carbons (Fsp3) is 0.375. The highest BCUT2D eigenvalue weighted by molar-refractivity contribution is 5.17. The van der Waals surface area contributed by atoms with Crippen LogP contribution in [0.15, 0.2) is 19.1 Å². The maximum atomic E-state index is 4.91. The maximum absolute atomic E-state index is 4.91. The average Bonchev–Trinajstić information content (AvgIpc) is 2.48. The molecule has 1 aromatic rings. The van der Waals surface area contributed by atoms with Gasteiger partial charge in [-0.3, -0.25) is 0 Å². The van der Waals surface area contributed by atoms with Gasteiger partial charge in [-0.1, -0.05) is 6.58 Å². The molecule has 1 heterocycles. The third-order valence-electron chi connectivity index (χ3n) is 1.43. The number of nitrogens with zero attached hydrogens (tertiary/aromatic N) is 2. The first-order valence-corrected chi connectivity index (χ1v) is 3.50. The summed E-state index contributed by atoms with van der Waals surface area (Å²) in [7, 11) is 1.69. The fourth-order valence-corrected chi connectivity index (χ4v) is 0.815. The maximum Gasteiger partial charge on any atom is 0.0990 e. The molecule has 0 atom stereocenters. The molecule has 3 nitrogen and oxygen atoms in total. The van der Waals surface area contributed by atoms with Crippen LogP contribution in [0, 0.1) is 0 Å². The average molecular weight is 152 g/mol. The smallest absolute Gasteiger partial charge is 0.0990 e. The van der Waals surface area contributed by atoms with Gasteiger partial charge in [0.2, 0.25) is 0 Å². The quantitative estimate of drug-likeness (QED) is 0.647. The van der Waals surface area contributed by atoms with Crippen molar-refractivity contribution in [3.05, 3.63) is 24.8 Å². The van der Waals surface area contributed by atoms with Gasteiger partial charge >= 0.3 is 0 Å². The summed E-state index contributed by atoms with van der Waals surface area (Å²) in [5, 5.41) is 0. The van der Waals surface area contributed by atoms with Crippen LogP contribution in [-0.4, -0.2) is 23.3 Å². The molecule has 0 radical (unpaired) electrons. The van der Waals surface area contributed by atoms with E-state index in [1.54, 1.807) is 19.6 Å². The highest BCUT2D eigenvalue weighted by Gasteiger charge is 1.94. The number of hydrogen-bond donors (Lipinski definition) is 0. The molecule has 0 aromatic carbocycles. The van der Waals surface area contributed by atoms with Crippen molar-refractivity contribution < 1.29 is 4.74 Å². The molecule has 0 spiro atoms. The Hall–Kier alpha value is -1.09. The van der Waals surface area contributed by atoms with Crippen LogP contribution in [0.2, 0.25) is 0 Å². The zero-order valence-electron chi connectivity index (χ0n) is 6.66. The molecule has 60 valence electrons. The summed E-state index contributed by atoms with van der Waals surface area (Å²) in [6.45, 7) is 4.33. The minimum atomic E-state index is 0.716. The molecular weight excluding hydrogens is 140 g/mol. The fourth-order valence-electron chi connectivity index (χ4n) is 0.815. The number of rotatable bonds is 4. The van der Waals surface area contributed by atoms with E-state index in [1.807, 2.05) is 10.8 Å². The lowest BCUT2D eigenvalue weighted by molar-refractivity contribution is 0.201. The molecule has 0 unspecified atom stereocenters. The van der Waals surface area contributed by atoms with Crippen LogP contribution >= 0.6 is 0 Å². The summed E-state index contributed by atoms with van der Waals surface area (Å²) in [5.41, 5.74) is 1.03. The number of hydrogen-bond acceptors (Lipinski definition) is 2. The van der Waals surface area contributed by atoms with Crippen LogP contribution in [-0.2, 0) is 11.2 Å². The molecule has 0 saturated heterocycles. The molecular formula is C8H12N2O. The lowest BCUT2D eigenvalue weighted by Gasteiger charge is -1.92. The van der Waals surface area contributed by atoms with Gasteiger partial charge in [-0.15, -0.1) is 0 Å². The molecule has 0 bridgehead atoms. The SMILES string of the molecule is C=Cn1cnc(CCOC)c1. The molecule has 0 aliphatic heterocycles. The van der Waals surface area contributed by atoms with Crippen LogP contribution in [0.5, 0.6) is 0 Å². The second kappa shape index (κ2) is 3.93. The summed E-state index contributed by atoms with van der Waals surface area (Å²) < 4.78 is 6.74. The molecule has 1 rings (SSSR count). The number of aromatic nitrogens is 2. The third kappa shape index (κ3) is 2.20. The Balaban J connectivity index is 2.51. The van der Waals surface area contributed by atoms with Crippen molar-refractivity contribution in [1.82, 2.24) is 9.55 Å². The Kier molecular flexibility index (Phi) is 2.86. The molecule has 1 aromatic heterocycles. The van der Waals surface area contributed by atoms with Crippen molar-refractivity contribution in [1.29, 1.82) is 0 Å². The number of imidazole rings is 1. The van der Waals surface area contributed by atoms with Crippen molar-refractivity contribution in [3.63, 3.8) is 0 Å². The van der Waals surface area contributed by atoms with E-state index in [1.165, 1.54) is 0 Å². The van der Waals surface area contributed by atoms with Crippen molar-refractivity contribution in [2.24, 2.45) is 0 Å². The van der Waals surface area contributed by atoms with Gasteiger partial charge in [-0.05, 0) is 0 Å². The van der Waals surface area contributed by atoms with Crippen LogP contribution in [0.4, 0.5) is 0 Å². The van der Waals surface area contributed by atoms with E-state index in [4.69, 9.17) is 4.74 Å². The van der Waals surface area contributed by atoms with Gasteiger partial charge in [0.15, 0.2) is 0 Å². The Morgan fingerprint density at radius 3 is 3.18 bits per heavy atom. The van der Waals surface area contributed by atoms with E-state index in [-0.39, 0.29) is 0 Å². The topological polar surface area (TPSA) is 27.1 Å². The molecule has 0 amide bonds. The van der Waals surface area contributed by atoms with Crippen molar-refractivity contribution >= 4 is 6.20 Å². The van der Waals surface area contributed by atoms with E-state index in [9.17, 15) is 0 Å². The predicted octanol–water partition coefficient (Wildman–Crippen LogP) is 1.17. The third-order valence-corrected chi connectivity index (χ3v) is 1.43. The Bertz CT molecular complexity index is 230. The molecule has 0 N–H and O–H groups in total. The van der Waals surface area contributed by atoms with E-state index in [0.717, 1.165) is 12.1 Å². The van der Waals surface area contributed by atoms with Gasteiger partial charge in [-0.25, -0.2) is 4.98 Å². The number of ether oxygens (including phenoxy) is 1. The first-order chi connectivity index (χ1) is 5.36. The Morgan fingerprint density at radius 1 is 1.82 bits per heavy atom. The molecule has 0 fully saturated rings. The molecule has 0 aliphatic rings. The molecule has 11 heavy (non-hydrogen) atoms. The summed E-state index contributed by atoms with van der Waals surface area (Å²) in [6.07, 6.45) is 6.24. The standard InChI is InChI=1S/C8H12N2O/c1-3-10-6-8(9-7-10)4-5-11-2/h3,6-7H,1,4-5H2,2H3. The van der Waals surface area contributed by atoms with Crippen molar-refractivity contribution in [2.75, 3.05) is 13.7 Å². The Morgan fingerprint density at radius 2 is 2.64 bits per heavy atom. The van der Waals surface area contributed by atoms with Gasteiger partial charge in [0, 0.05) is 25.9 Å². The Labute approximate surface area is 66.3 Å². The van der Waals surface area contributed by atoms with E-state index >= 15 is 0 Å². The van der Waals surface area contributed by atoms with Gasteiger partial charge in [0.1, 0.15) is 0 Å². The van der Waals surface area contributed by atoms with E-state index in [2.05, 4.69) is 11.6 Å². The largest absolute Gasteiger partial charge is 0.384 e. The summed E-state index contributed by atoms with van der Waals surface area (Å²) in [5.74, 6) is 0. The van der Waals surface area contributed by atoms with Crippen molar-refractivity contribution in [2.45, 2.75) is 6.42 Å². The molecule has 0 aliphatic carbocycles. The van der Waals surface area contributed by atoms with E-state index < -0.39 is 0 Å². The first kappa shape index (κ1) is 8.01. The summed E-state index contributed by atoms with van der Waals surface area (Å²) in [6, 6.07) is 0. The molecule has 0 saturated carbocycles. The summed E-state index contributed by atoms with van der Waals surface area (Å²) >= 11 is 0. The van der Waals surface area contributed by atoms with Gasteiger partial charge < -0.3 is 9.30 Å². The minimum Gasteiger partial charge on any atom is -0.384 e. The number of methoxy groups -OCH3 is 1. The van der Waals surface area contributed by atoms with Gasteiger partial charge in [0.05, 0.1) is 18.6 Å². The zero-order valence-corrected chi connectivity index (χ0v) is 6.66. The van der Waals surface area contributed by atoms with Gasteiger partial charge in [0.25, 0.3) is 0 Å². The summed E-state index contributed by atoms with van der Waals surface area (Å²) in [4.78, 5) is 4.14. The first-order valence-electron chi connectivity index (χ1n) is 3.50.